The van der Waals surface area contributed by atoms with Crippen molar-refractivity contribution in [2.45, 2.75) is 34.2 Å². The van der Waals surface area contributed by atoms with Crippen LogP contribution in [-0.4, -0.2) is 30.3 Å². The molecule has 0 aromatic heterocycles. The molecule has 4 atom stereocenters. The summed E-state index contributed by atoms with van der Waals surface area (Å²) in [5.41, 5.74) is 3.70. The maximum atomic E-state index is 13.8. The highest BCUT2D eigenvalue weighted by atomic mass is 35.5. The molecular formula is C27H31ClN2O2. The molecule has 2 amide bonds. The van der Waals surface area contributed by atoms with Crippen molar-refractivity contribution in [2.75, 3.05) is 18.5 Å². The van der Waals surface area contributed by atoms with Gasteiger partial charge in [0, 0.05) is 36.3 Å². The van der Waals surface area contributed by atoms with Crippen LogP contribution in [0.25, 0.3) is 0 Å². The van der Waals surface area contributed by atoms with Crippen LogP contribution in [-0.2, 0) is 16.1 Å². The summed E-state index contributed by atoms with van der Waals surface area (Å²) in [4.78, 5) is 31.1. The number of hydrogen-bond acceptors (Lipinski definition) is 2. The summed E-state index contributed by atoms with van der Waals surface area (Å²) >= 11 is 6.30. The Morgan fingerprint density at radius 2 is 1.88 bits per heavy atom. The van der Waals surface area contributed by atoms with Crippen LogP contribution in [0, 0.1) is 30.1 Å². The van der Waals surface area contributed by atoms with Crippen molar-refractivity contribution in [3.63, 3.8) is 0 Å². The van der Waals surface area contributed by atoms with Gasteiger partial charge in [0.1, 0.15) is 0 Å². The van der Waals surface area contributed by atoms with Crippen molar-refractivity contribution in [1.29, 1.82) is 0 Å². The molecule has 1 aliphatic heterocycles. The second kappa shape index (κ2) is 8.40. The number of aryl methyl sites for hydroxylation is 1. The quantitative estimate of drug-likeness (QED) is 0.565. The molecule has 5 heteroatoms. The number of amides is 2. The van der Waals surface area contributed by atoms with Crippen LogP contribution in [0.5, 0.6) is 0 Å². The summed E-state index contributed by atoms with van der Waals surface area (Å²) < 4.78 is 0. The Hall–Kier alpha value is -2.59. The molecule has 0 spiro atoms. The normalized spacial score (nSPS) is 27.2. The van der Waals surface area contributed by atoms with E-state index in [0.717, 1.165) is 16.8 Å². The average molecular weight is 451 g/mol. The Balaban J connectivity index is 1.69. The van der Waals surface area contributed by atoms with E-state index in [2.05, 4.69) is 26.8 Å². The van der Waals surface area contributed by atoms with E-state index in [1.54, 1.807) is 9.80 Å². The maximum Gasteiger partial charge on any atom is 0.231 e. The van der Waals surface area contributed by atoms with Crippen molar-refractivity contribution >= 4 is 29.1 Å². The number of halogens is 1. The van der Waals surface area contributed by atoms with Gasteiger partial charge in [-0.1, -0.05) is 67.4 Å². The topological polar surface area (TPSA) is 40.6 Å². The summed E-state index contributed by atoms with van der Waals surface area (Å²) in [5.74, 6) is -0.534. The molecule has 2 aromatic carbocycles. The zero-order valence-electron chi connectivity index (χ0n) is 19.4. The lowest BCUT2D eigenvalue weighted by Crippen LogP contribution is -2.49. The first-order valence-electron chi connectivity index (χ1n) is 11.2. The first kappa shape index (κ1) is 22.6. The van der Waals surface area contributed by atoms with Gasteiger partial charge in [0.2, 0.25) is 11.8 Å². The number of hydrogen-bond donors (Lipinski definition) is 0. The molecule has 0 radical (unpaired) electrons. The zero-order chi connectivity index (χ0) is 23.2. The Kier molecular flexibility index (Phi) is 5.93. The third-order valence-corrected chi connectivity index (χ3v) is 7.77. The highest BCUT2D eigenvalue weighted by Crippen LogP contribution is 2.56. The van der Waals surface area contributed by atoms with Gasteiger partial charge < -0.3 is 9.80 Å². The second-order valence-electron chi connectivity index (χ2n) is 9.62. The predicted molar refractivity (Wildman–Crippen MR) is 129 cm³/mol. The Morgan fingerprint density at radius 3 is 2.47 bits per heavy atom. The predicted octanol–water partition coefficient (Wildman–Crippen LogP) is 5.49. The summed E-state index contributed by atoms with van der Waals surface area (Å²) in [6.45, 7) is 9.22. The largest absolute Gasteiger partial charge is 0.341 e. The van der Waals surface area contributed by atoms with E-state index >= 15 is 0 Å². The Bertz CT molecular complexity index is 1060. The number of allylic oxidation sites excluding steroid dienone is 2. The van der Waals surface area contributed by atoms with E-state index < -0.39 is 11.8 Å². The molecule has 1 saturated heterocycles. The Labute approximate surface area is 195 Å². The first-order valence-corrected chi connectivity index (χ1v) is 11.6. The third kappa shape index (κ3) is 3.75. The molecule has 1 aliphatic carbocycles. The number of carbonyl (C=O) groups excluding carboxylic acids is 2. The van der Waals surface area contributed by atoms with E-state index in [-0.39, 0.29) is 23.1 Å². The van der Waals surface area contributed by atoms with E-state index in [1.165, 1.54) is 5.57 Å². The average Bonchev–Trinajstić information content (AvgIpc) is 3.10. The van der Waals surface area contributed by atoms with Crippen LogP contribution in [0.2, 0.25) is 5.02 Å². The van der Waals surface area contributed by atoms with Gasteiger partial charge in [0.15, 0.2) is 0 Å². The Morgan fingerprint density at radius 1 is 1.19 bits per heavy atom. The van der Waals surface area contributed by atoms with Crippen LogP contribution in [0.1, 0.15) is 31.9 Å². The molecule has 4 rings (SSSR count). The fourth-order valence-electron chi connectivity index (χ4n) is 5.47. The lowest BCUT2D eigenvalue weighted by atomic mass is 9.54. The van der Waals surface area contributed by atoms with Gasteiger partial charge in [-0.3, -0.25) is 9.59 Å². The van der Waals surface area contributed by atoms with Gasteiger partial charge in [-0.25, -0.2) is 0 Å². The van der Waals surface area contributed by atoms with E-state index in [1.807, 2.05) is 62.5 Å². The fraction of sp³-hybridized carbons (Fsp3) is 0.407. The minimum absolute atomic E-state index is 0.0138. The number of benzene rings is 2. The first-order chi connectivity index (χ1) is 15.1. The van der Waals surface area contributed by atoms with Gasteiger partial charge in [0.05, 0.1) is 11.8 Å². The summed E-state index contributed by atoms with van der Waals surface area (Å²) in [7, 11) is 1.83. The molecule has 2 aliphatic rings. The number of anilines is 1. The van der Waals surface area contributed by atoms with E-state index in [4.69, 9.17) is 11.6 Å². The smallest absolute Gasteiger partial charge is 0.231 e. The molecule has 2 aromatic rings. The molecule has 0 bridgehead atoms. The monoisotopic (exact) mass is 450 g/mol. The molecule has 1 heterocycles. The minimum Gasteiger partial charge on any atom is -0.341 e. The van der Waals surface area contributed by atoms with Crippen LogP contribution >= 0.6 is 11.6 Å². The van der Waals surface area contributed by atoms with E-state index in [9.17, 15) is 9.59 Å². The van der Waals surface area contributed by atoms with Crippen LogP contribution < -0.4 is 4.90 Å². The minimum atomic E-state index is -0.411. The van der Waals surface area contributed by atoms with Crippen molar-refractivity contribution < 1.29 is 9.59 Å². The molecular weight excluding hydrogens is 420 g/mol. The third-order valence-electron chi connectivity index (χ3n) is 7.55. The molecule has 0 saturated carbocycles. The van der Waals surface area contributed by atoms with Crippen molar-refractivity contribution in [3.8, 4) is 0 Å². The SMILES string of the molecule is CC1=CC(C)C1(C)C1C(=O)N(c2cc(C)cc(Cl)c2)CC1C(=O)N(C)Cc1ccccc1. The van der Waals surface area contributed by atoms with Crippen molar-refractivity contribution in [2.24, 2.45) is 23.2 Å². The molecule has 0 N–H and O–H groups in total. The number of carbonyl (C=O) groups is 2. The second-order valence-corrected chi connectivity index (χ2v) is 10.1. The lowest BCUT2D eigenvalue weighted by molar-refractivity contribution is -0.140. The van der Waals surface area contributed by atoms with Gasteiger partial charge in [0.25, 0.3) is 0 Å². The van der Waals surface area contributed by atoms with Gasteiger partial charge >= 0.3 is 0 Å². The number of rotatable bonds is 5. The van der Waals surface area contributed by atoms with Crippen molar-refractivity contribution in [1.82, 2.24) is 4.90 Å². The molecule has 4 unspecified atom stereocenters. The maximum absolute atomic E-state index is 13.8. The standard InChI is InChI=1S/C27H31ClN2O2/c1-17-11-21(28)14-22(12-17)30-16-23(24(26(30)32)27(4)18(2)13-19(27)3)25(31)29(5)15-20-9-7-6-8-10-20/h6-14,18,23-24H,15-16H2,1-5H3. The summed E-state index contributed by atoms with van der Waals surface area (Å²) in [6.07, 6.45) is 2.20. The fourth-order valence-corrected chi connectivity index (χ4v) is 5.75. The summed E-state index contributed by atoms with van der Waals surface area (Å²) in [5, 5.41) is 0.597. The summed E-state index contributed by atoms with van der Waals surface area (Å²) in [6, 6.07) is 15.6. The molecule has 1 fully saturated rings. The van der Waals surface area contributed by atoms with Gasteiger partial charge in [-0.05, 0) is 49.1 Å². The molecule has 32 heavy (non-hydrogen) atoms. The zero-order valence-corrected chi connectivity index (χ0v) is 20.2. The van der Waals surface area contributed by atoms with Crippen LogP contribution in [0.3, 0.4) is 0 Å². The van der Waals surface area contributed by atoms with Gasteiger partial charge in [-0.2, -0.15) is 0 Å². The molecule has 168 valence electrons. The molecule has 4 nitrogen and oxygen atoms in total. The highest BCUT2D eigenvalue weighted by molar-refractivity contribution is 6.31. The van der Waals surface area contributed by atoms with Crippen molar-refractivity contribution in [3.05, 3.63) is 76.3 Å². The lowest BCUT2D eigenvalue weighted by Gasteiger charge is -2.48. The highest BCUT2D eigenvalue weighted by Gasteiger charge is 2.58. The number of nitrogens with zero attached hydrogens (tertiary/aromatic N) is 2. The van der Waals surface area contributed by atoms with E-state index in [0.29, 0.717) is 18.1 Å². The van der Waals surface area contributed by atoms with Crippen LogP contribution in [0.4, 0.5) is 5.69 Å². The van der Waals surface area contributed by atoms with Gasteiger partial charge in [-0.15, -0.1) is 0 Å². The van der Waals surface area contributed by atoms with Crippen LogP contribution in [0.15, 0.2) is 60.2 Å².